The summed E-state index contributed by atoms with van der Waals surface area (Å²) in [7, 11) is 0. The van der Waals surface area contributed by atoms with E-state index in [4.69, 9.17) is 15.0 Å². The van der Waals surface area contributed by atoms with E-state index in [-0.39, 0.29) is 18.2 Å². The summed E-state index contributed by atoms with van der Waals surface area (Å²) in [5, 5.41) is 26.4. The van der Waals surface area contributed by atoms with Crippen molar-refractivity contribution in [2.75, 3.05) is 9.80 Å². The Morgan fingerprint density at radius 3 is 0.906 bits per heavy atom. The van der Waals surface area contributed by atoms with Crippen molar-refractivity contribution in [1.29, 1.82) is 0 Å². The van der Waals surface area contributed by atoms with Gasteiger partial charge in [0.1, 0.15) is 11.5 Å². The molecule has 2 aliphatic rings. The maximum atomic E-state index is 10.9. The second-order valence-corrected chi connectivity index (χ2v) is 21.9. The van der Waals surface area contributed by atoms with Crippen molar-refractivity contribution in [2.45, 2.75) is 0 Å². The number of hydrogen-bond donors (Lipinski definition) is 2. The van der Waals surface area contributed by atoms with Gasteiger partial charge in [-0.2, -0.15) is 0 Å². The molecule has 0 atom stereocenters. The molecule has 0 unspecified atom stereocenters. The summed E-state index contributed by atoms with van der Waals surface area (Å²) in [6.07, 6.45) is 0. The number of anilines is 6. The zero-order chi connectivity index (χ0) is 56.5. The second kappa shape index (κ2) is 20.3. The molecule has 2 N–H and O–H groups in total. The van der Waals surface area contributed by atoms with Crippen molar-refractivity contribution in [3.63, 3.8) is 0 Å². The van der Waals surface area contributed by atoms with Gasteiger partial charge >= 0.3 is 0 Å². The third-order valence-electron chi connectivity index (χ3n) is 16.8. The number of aromatic hydroxyl groups is 2. The molecular formula is C77H50BN5O2. The third kappa shape index (κ3) is 8.66. The highest BCUT2D eigenvalue weighted by Gasteiger charge is 2.45. The van der Waals surface area contributed by atoms with Crippen LogP contribution in [-0.4, -0.2) is 31.9 Å². The number of phenols is 2. The van der Waals surface area contributed by atoms with Crippen LogP contribution < -0.4 is 26.2 Å². The SMILES string of the molecule is Oc1ccc(N2c3cc(-c4nc(-c5cc(-c6ccccc6)cc(-c6ccccc6)c5)nc(-c5cc(-c6ccccc6)cc(-c6ccccc6)c5)n4)cc4c3B(c3c2ccc2ccccc32)c2c(ccc3ccccc23)N4c2ccc(O)cc2)cc1. The lowest BCUT2D eigenvalue weighted by Gasteiger charge is -2.45. The number of nitrogens with zero attached hydrogens (tertiary/aromatic N) is 5. The molecule has 14 aromatic rings. The first-order valence-corrected chi connectivity index (χ1v) is 28.6. The van der Waals surface area contributed by atoms with E-state index in [0.717, 1.165) is 122 Å². The molecule has 398 valence electrons. The molecule has 1 aromatic heterocycles. The van der Waals surface area contributed by atoms with Gasteiger partial charge in [-0.1, -0.05) is 182 Å². The van der Waals surface area contributed by atoms with Crippen LogP contribution in [0.25, 0.3) is 100 Å². The van der Waals surface area contributed by atoms with Crippen LogP contribution in [0.15, 0.2) is 291 Å². The van der Waals surface area contributed by atoms with E-state index < -0.39 is 0 Å². The molecular weight excluding hydrogens is 1040 g/mol. The van der Waals surface area contributed by atoms with Crippen LogP contribution in [0.1, 0.15) is 0 Å². The lowest BCUT2D eigenvalue weighted by atomic mass is 9.32. The molecule has 7 nitrogen and oxygen atoms in total. The van der Waals surface area contributed by atoms with Crippen LogP contribution >= 0.6 is 0 Å². The van der Waals surface area contributed by atoms with Crippen LogP contribution in [0.5, 0.6) is 11.5 Å². The number of benzene rings is 13. The summed E-state index contributed by atoms with van der Waals surface area (Å²) < 4.78 is 0. The molecule has 2 aliphatic heterocycles. The predicted octanol–water partition coefficient (Wildman–Crippen LogP) is 17.3. The van der Waals surface area contributed by atoms with Gasteiger partial charge in [0.15, 0.2) is 17.5 Å². The zero-order valence-corrected chi connectivity index (χ0v) is 45.9. The van der Waals surface area contributed by atoms with Gasteiger partial charge in [0.25, 0.3) is 6.71 Å². The van der Waals surface area contributed by atoms with Gasteiger partial charge < -0.3 is 20.0 Å². The fraction of sp³-hybridized carbons (Fsp3) is 0. The van der Waals surface area contributed by atoms with Gasteiger partial charge in [-0.25, -0.2) is 15.0 Å². The van der Waals surface area contributed by atoms with Gasteiger partial charge in [0.2, 0.25) is 0 Å². The van der Waals surface area contributed by atoms with Gasteiger partial charge in [-0.15, -0.1) is 0 Å². The molecule has 13 aromatic carbocycles. The molecule has 0 spiro atoms. The van der Waals surface area contributed by atoms with E-state index in [0.29, 0.717) is 17.5 Å². The Kier molecular flexibility index (Phi) is 11.8. The van der Waals surface area contributed by atoms with Crippen molar-refractivity contribution in [2.24, 2.45) is 0 Å². The quantitative estimate of drug-likeness (QED) is 0.139. The van der Waals surface area contributed by atoms with Crippen LogP contribution in [0, 0.1) is 0 Å². The van der Waals surface area contributed by atoms with Crippen LogP contribution in [0.3, 0.4) is 0 Å². The van der Waals surface area contributed by atoms with E-state index in [1.54, 1.807) is 24.3 Å². The van der Waals surface area contributed by atoms with Gasteiger partial charge in [-0.3, -0.25) is 0 Å². The molecule has 0 saturated heterocycles. The predicted molar refractivity (Wildman–Crippen MR) is 350 cm³/mol. The Morgan fingerprint density at radius 2 is 0.553 bits per heavy atom. The molecule has 85 heavy (non-hydrogen) atoms. The van der Waals surface area contributed by atoms with Crippen LogP contribution in [-0.2, 0) is 0 Å². The fourth-order valence-corrected chi connectivity index (χ4v) is 12.9. The lowest BCUT2D eigenvalue weighted by molar-refractivity contribution is 0.475. The highest BCUT2D eigenvalue weighted by molar-refractivity contribution is 7.03. The standard InChI is InChI=1S/C77H50BN5O2/c84-64-35-31-62(32-36-64)82-68-39-29-53-25-13-15-27-66(53)72(68)78-73-67-28-16-14-26-54(67)30-40-69(73)83(63-33-37-65(85)38-34-63)71-48-61(47-70(82)74(71)78)77-80-75(59-43-55(49-17-5-1-6-18-49)41-56(44-59)50-19-7-2-8-20-50)79-76(81-77)60-45-57(51-21-9-3-10-22-51)42-58(46-60)52-23-11-4-12-24-52/h1-48,84-85H. The van der Waals surface area contributed by atoms with Crippen molar-refractivity contribution in [3.05, 3.63) is 291 Å². The maximum absolute atomic E-state index is 10.9. The summed E-state index contributed by atoms with van der Waals surface area (Å²) in [6, 6.07) is 101. The lowest BCUT2D eigenvalue weighted by Crippen LogP contribution is -2.61. The smallest absolute Gasteiger partial charge is 0.253 e. The molecule has 3 heterocycles. The van der Waals surface area contributed by atoms with Crippen LogP contribution in [0.4, 0.5) is 34.1 Å². The molecule has 0 aliphatic carbocycles. The average molecular weight is 1090 g/mol. The minimum atomic E-state index is -0.248. The van der Waals surface area contributed by atoms with Crippen LogP contribution in [0.2, 0.25) is 0 Å². The first-order valence-electron chi connectivity index (χ1n) is 28.6. The first-order chi connectivity index (χ1) is 41.9. The Morgan fingerprint density at radius 1 is 0.247 bits per heavy atom. The third-order valence-corrected chi connectivity index (χ3v) is 16.8. The number of aromatic nitrogens is 3. The van der Waals surface area contributed by atoms with Crippen molar-refractivity contribution in [3.8, 4) is 90.2 Å². The topological polar surface area (TPSA) is 85.6 Å². The maximum Gasteiger partial charge on any atom is 0.253 e. The number of rotatable bonds is 9. The monoisotopic (exact) mass is 1090 g/mol. The average Bonchev–Trinajstić information content (AvgIpc) is 0.800. The number of hydrogen-bond acceptors (Lipinski definition) is 7. The Bertz CT molecular complexity index is 4490. The molecule has 0 fully saturated rings. The summed E-state index contributed by atoms with van der Waals surface area (Å²) >= 11 is 0. The summed E-state index contributed by atoms with van der Waals surface area (Å²) in [4.78, 5) is 21.6. The molecule has 16 rings (SSSR count). The molecule has 0 radical (unpaired) electrons. The van der Waals surface area contributed by atoms with Gasteiger partial charge in [0, 0.05) is 50.8 Å². The van der Waals surface area contributed by atoms with E-state index in [9.17, 15) is 10.2 Å². The summed E-state index contributed by atoms with van der Waals surface area (Å²) in [6.45, 7) is -0.248. The molecule has 0 amide bonds. The van der Waals surface area contributed by atoms with E-state index in [2.05, 4.69) is 228 Å². The van der Waals surface area contributed by atoms with E-state index in [1.165, 1.54) is 10.9 Å². The number of phenolic OH excluding ortho intramolecular Hbond substituents is 2. The molecule has 8 heteroatoms. The van der Waals surface area contributed by atoms with E-state index >= 15 is 0 Å². The summed E-state index contributed by atoms with van der Waals surface area (Å²) in [5.74, 6) is 1.87. The highest BCUT2D eigenvalue weighted by Crippen LogP contribution is 2.48. The molecule has 0 saturated carbocycles. The molecule has 0 bridgehead atoms. The normalized spacial score (nSPS) is 12.3. The Balaban J connectivity index is 1.02. The van der Waals surface area contributed by atoms with Gasteiger partial charge in [-0.05, 0) is 192 Å². The fourth-order valence-electron chi connectivity index (χ4n) is 12.9. The Labute approximate surface area is 492 Å². The largest absolute Gasteiger partial charge is 0.508 e. The zero-order valence-electron chi connectivity index (χ0n) is 45.9. The van der Waals surface area contributed by atoms with Crippen molar-refractivity contribution < 1.29 is 10.2 Å². The minimum Gasteiger partial charge on any atom is -0.508 e. The van der Waals surface area contributed by atoms with Crippen molar-refractivity contribution in [1.82, 2.24) is 15.0 Å². The first kappa shape index (κ1) is 49.5. The Hall–Kier alpha value is -11.3. The van der Waals surface area contributed by atoms with Crippen molar-refractivity contribution >= 4 is 78.8 Å². The number of fused-ring (bicyclic) bond motifs is 8. The highest BCUT2D eigenvalue weighted by atomic mass is 16.3. The summed E-state index contributed by atoms with van der Waals surface area (Å²) in [5.41, 5.74) is 20.0. The van der Waals surface area contributed by atoms with Gasteiger partial charge in [0.05, 0.1) is 0 Å². The second-order valence-electron chi connectivity index (χ2n) is 21.9. The van der Waals surface area contributed by atoms with E-state index in [1.807, 2.05) is 48.5 Å². The minimum absolute atomic E-state index is 0.177.